The van der Waals surface area contributed by atoms with Crippen molar-refractivity contribution in [3.8, 4) is 0 Å². The van der Waals surface area contributed by atoms with Crippen molar-refractivity contribution in [2.24, 2.45) is 0 Å². The molecular weight excluding hydrogens is 290 g/mol. The third-order valence-electron chi connectivity index (χ3n) is 3.57. The molecule has 3 rings (SSSR count). The number of aromatic nitrogens is 1. The zero-order valence-electron chi connectivity index (χ0n) is 11.6. The second kappa shape index (κ2) is 5.77. The molecule has 1 aliphatic carbocycles. The lowest BCUT2D eigenvalue weighted by atomic mass is 9.88. The molecule has 0 fully saturated rings. The van der Waals surface area contributed by atoms with Crippen LogP contribution in [-0.2, 0) is 6.42 Å². The summed E-state index contributed by atoms with van der Waals surface area (Å²) in [5, 5.41) is 6.23. The maximum Gasteiger partial charge on any atom is 0.323 e. The van der Waals surface area contributed by atoms with E-state index in [1.807, 2.05) is 18.2 Å². The summed E-state index contributed by atoms with van der Waals surface area (Å²) < 4.78 is 5.23. The number of hydrogen-bond donors (Lipinski definition) is 2. The highest BCUT2D eigenvalue weighted by molar-refractivity contribution is 6.30. The van der Waals surface area contributed by atoms with E-state index in [1.165, 1.54) is 5.56 Å². The molecule has 0 aliphatic heterocycles. The molecule has 1 aliphatic rings. The second-order valence-electron chi connectivity index (χ2n) is 5.16. The summed E-state index contributed by atoms with van der Waals surface area (Å²) in [4.78, 5) is 16.0. The molecule has 6 heteroatoms. The van der Waals surface area contributed by atoms with Gasteiger partial charge in [0.05, 0.1) is 12.2 Å². The molecule has 2 amide bonds. The van der Waals surface area contributed by atoms with E-state index in [2.05, 4.69) is 15.6 Å². The van der Waals surface area contributed by atoms with Crippen LogP contribution < -0.4 is 10.6 Å². The smallest absolute Gasteiger partial charge is 0.323 e. The average Bonchev–Trinajstić information content (AvgIpc) is 2.84. The number of benzene rings is 1. The molecule has 2 aromatic rings. The molecule has 1 heterocycles. The Morgan fingerprint density at radius 1 is 1.48 bits per heavy atom. The molecule has 110 valence electrons. The molecule has 1 atom stereocenters. The Kier molecular flexibility index (Phi) is 3.84. The second-order valence-corrected chi connectivity index (χ2v) is 5.60. The van der Waals surface area contributed by atoms with Gasteiger partial charge in [-0.1, -0.05) is 17.7 Å². The lowest BCUT2D eigenvalue weighted by molar-refractivity contribution is 0.246. The third-order valence-corrected chi connectivity index (χ3v) is 3.80. The Hall–Kier alpha value is -2.01. The van der Waals surface area contributed by atoms with Crippen LogP contribution in [0.3, 0.4) is 0 Å². The van der Waals surface area contributed by atoms with Crippen LogP contribution in [0, 0.1) is 6.92 Å². The molecule has 0 saturated heterocycles. The van der Waals surface area contributed by atoms with E-state index in [4.69, 9.17) is 16.0 Å². The maximum absolute atomic E-state index is 12.0. The fourth-order valence-electron chi connectivity index (χ4n) is 2.62. The van der Waals surface area contributed by atoms with Crippen LogP contribution in [0.5, 0.6) is 0 Å². The van der Waals surface area contributed by atoms with E-state index < -0.39 is 0 Å². The van der Waals surface area contributed by atoms with Gasteiger partial charge in [0, 0.05) is 5.02 Å². The first-order valence-electron chi connectivity index (χ1n) is 6.90. The van der Waals surface area contributed by atoms with E-state index in [0.29, 0.717) is 10.8 Å². The minimum absolute atomic E-state index is 0.0384. The monoisotopic (exact) mass is 305 g/mol. The Bertz CT molecular complexity index is 669. The van der Waals surface area contributed by atoms with Crippen molar-refractivity contribution in [1.82, 2.24) is 10.3 Å². The number of anilines is 1. The van der Waals surface area contributed by atoms with E-state index in [1.54, 1.807) is 13.1 Å². The Balaban J connectivity index is 1.71. The van der Waals surface area contributed by atoms with Gasteiger partial charge in [0.25, 0.3) is 0 Å². The molecule has 5 nitrogen and oxygen atoms in total. The molecular formula is C15H16ClN3O2. The van der Waals surface area contributed by atoms with Gasteiger partial charge in [-0.2, -0.15) is 0 Å². The van der Waals surface area contributed by atoms with Crippen LogP contribution in [-0.4, -0.2) is 11.0 Å². The number of nitrogens with one attached hydrogen (secondary N) is 2. The number of carbonyl (C=O) groups is 1. The predicted molar refractivity (Wildman–Crippen MR) is 80.5 cm³/mol. The minimum atomic E-state index is -0.324. The normalized spacial score (nSPS) is 17.1. The van der Waals surface area contributed by atoms with Crippen LogP contribution in [0.2, 0.25) is 5.02 Å². The number of hydrogen-bond acceptors (Lipinski definition) is 3. The van der Waals surface area contributed by atoms with Crippen molar-refractivity contribution in [2.45, 2.75) is 32.2 Å². The first-order valence-corrected chi connectivity index (χ1v) is 7.28. The molecule has 0 spiro atoms. The van der Waals surface area contributed by atoms with Crippen LogP contribution >= 0.6 is 11.6 Å². The van der Waals surface area contributed by atoms with E-state index in [0.717, 1.165) is 24.8 Å². The van der Waals surface area contributed by atoms with Crippen LogP contribution in [0.25, 0.3) is 0 Å². The van der Waals surface area contributed by atoms with Crippen LogP contribution in [0.15, 0.2) is 28.8 Å². The molecule has 0 radical (unpaired) electrons. The summed E-state index contributed by atoms with van der Waals surface area (Å²) in [6, 6.07) is 5.68. The molecule has 0 bridgehead atoms. The number of rotatable bonds is 2. The van der Waals surface area contributed by atoms with Gasteiger partial charge in [-0.05, 0) is 49.4 Å². The highest BCUT2D eigenvalue weighted by Gasteiger charge is 2.22. The highest BCUT2D eigenvalue weighted by Crippen LogP contribution is 2.31. The van der Waals surface area contributed by atoms with Crippen molar-refractivity contribution in [3.05, 3.63) is 46.3 Å². The van der Waals surface area contributed by atoms with Crippen molar-refractivity contribution in [3.63, 3.8) is 0 Å². The van der Waals surface area contributed by atoms with Gasteiger partial charge in [0.2, 0.25) is 0 Å². The number of urea groups is 1. The summed E-state index contributed by atoms with van der Waals surface area (Å²) in [5.41, 5.74) is 2.33. The lowest BCUT2D eigenvalue weighted by Crippen LogP contribution is -2.34. The number of nitrogens with zero attached hydrogens (tertiary/aromatic N) is 1. The van der Waals surface area contributed by atoms with Crippen molar-refractivity contribution in [2.75, 3.05) is 5.32 Å². The number of amides is 2. The zero-order chi connectivity index (χ0) is 14.8. The minimum Gasteiger partial charge on any atom is -0.429 e. The Morgan fingerprint density at radius 2 is 2.33 bits per heavy atom. The summed E-state index contributed by atoms with van der Waals surface area (Å²) >= 11 is 6.06. The SMILES string of the molecule is Cc1cnc(NC(=O)N[C@@H]2CCCc3ccc(Cl)cc32)o1. The number of oxazole rings is 1. The summed E-state index contributed by atoms with van der Waals surface area (Å²) in [6.45, 7) is 1.77. The van der Waals surface area contributed by atoms with Gasteiger partial charge < -0.3 is 9.73 Å². The predicted octanol–water partition coefficient (Wildman–Crippen LogP) is 3.84. The summed E-state index contributed by atoms with van der Waals surface area (Å²) in [7, 11) is 0. The first kappa shape index (κ1) is 13.9. The van der Waals surface area contributed by atoms with Gasteiger partial charge in [0.1, 0.15) is 5.76 Å². The Morgan fingerprint density at radius 3 is 3.10 bits per heavy atom. The van der Waals surface area contributed by atoms with Gasteiger partial charge in [0.15, 0.2) is 0 Å². The summed E-state index contributed by atoms with van der Waals surface area (Å²) in [6.07, 6.45) is 4.51. The average molecular weight is 306 g/mol. The third kappa shape index (κ3) is 3.19. The standard InChI is InChI=1S/C15H16ClN3O2/c1-9-8-17-15(21-9)19-14(20)18-13-4-2-3-10-5-6-11(16)7-12(10)13/h5-8,13H,2-4H2,1H3,(H2,17,18,19,20)/t13-/m1/s1. The molecule has 0 unspecified atom stereocenters. The maximum atomic E-state index is 12.0. The fraction of sp³-hybridized carbons (Fsp3) is 0.333. The molecule has 2 N–H and O–H groups in total. The van der Waals surface area contributed by atoms with Gasteiger partial charge >= 0.3 is 12.0 Å². The molecule has 1 aromatic heterocycles. The molecule has 21 heavy (non-hydrogen) atoms. The van der Waals surface area contributed by atoms with Crippen molar-refractivity contribution in [1.29, 1.82) is 0 Å². The van der Waals surface area contributed by atoms with Gasteiger partial charge in [-0.25, -0.2) is 9.78 Å². The zero-order valence-corrected chi connectivity index (χ0v) is 12.4. The first-order chi connectivity index (χ1) is 10.1. The molecule has 0 saturated carbocycles. The lowest BCUT2D eigenvalue weighted by Gasteiger charge is -2.26. The quantitative estimate of drug-likeness (QED) is 0.886. The highest BCUT2D eigenvalue weighted by atomic mass is 35.5. The number of carbonyl (C=O) groups excluding carboxylic acids is 1. The van der Waals surface area contributed by atoms with E-state index >= 15 is 0 Å². The van der Waals surface area contributed by atoms with Crippen molar-refractivity contribution < 1.29 is 9.21 Å². The summed E-state index contributed by atoms with van der Waals surface area (Å²) in [5.74, 6) is 0.653. The largest absolute Gasteiger partial charge is 0.429 e. The number of halogens is 1. The van der Waals surface area contributed by atoms with Crippen LogP contribution in [0.4, 0.5) is 10.8 Å². The van der Waals surface area contributed by atoms with E-state index in [9.17, 15) is 4.79 Å². The van der Waals surface area contributed by atoms with Crippen LogP contribution in [0.1, 0.15) is 35.8 Å². The topological polar surface area (TPSA) is 67.2 Å². The Labute approximate surface area is 127 Å². The van der Waals surface area contributed by atoms with Crippen molar-refractivity contribution >= 4 is 23.6 Å². The van der Waals surface area contributed by atoms with Gasteiger partial charge in [-0.3, -0.25) is 5.32 Å². The number of fused-ring (bicyclic) bond motifs is 1. The molecule has 1 aromatic carbocycles. The van der Waals surface area contributed by atoms with E-state index in [-0.39, 0.29) is 18.1 Å². The van der Waals surface area contributed by atoms with Gasteiger partial charge in [-0.15, -0.1) is 0 Å². The number of aryl methyl sites for hydroxylation is 2. The fourth-order valence-corrected chi connectivity index (χ4v) is 2.80.